The first-order chi connectivity index (χ1) is 9.96. The molecule has 0 aromatic rings. The smallest absolute Gasteiger partial charge is 0.329 e. The van der Waals surface area contributed by atoms with Gasteiger partial charge in [-0.25, -0.2) is 9.59 Å². The van der Waals surface area contributed by atoms with Crippen LogP contribution in [0.15, 0.2) is 0 Å². The molecule has 0 radical (unpaired) electrons. The third-order valence-electron chi connectivity index (χ3n) is 4.70. The van der Waals surface area contributed by atoms with E-state index in [1.54, 1.807) is 11.8 Å². The Balaban J connectivity index is 2.10. The summed E-state index contributed by atoms with van der Waals surface area (Å²) >= 11 is 0. The fourth-order valence-electron chi connectivity index (χ4n) is 3.36. The molecular formula is C14H22N2O5. The van der Waals surface area contributed by atoms with Crippen LogP contribution in [-0.4, -0.2) is 65.2 Å². The third kappa shape index (κ3) is 2.56. The summed E-state index contributed by atoms with van der Waals surface area (Å²) in [5.74, 6) is -1.56. The Kier molecular flexibility index (Phi) is 4.39. The van der Waals surface area contributed by atoms with Crippen LogP contribution >= 0.6 is 0 Å². The number of methoxy groups -OCH3 is 1. The lowest BCUT2D eigenvalue weighted by molar-refractivity contribution is -0.149. The van der Waals surface area contributed by atoms with Gasteiger partial charge in [0.15, 0.2) is 0 Å². The lowest BCUT2D eigenvalue weighted by Gasteiger charge is -2.36. The van der Waals surface area contributed by atoms with E-state index >= 15 is 0 Å². The number of nitrogens with zero attached hydrogens (tertiary/aromatic N) is 2. The summed E-state index contributed by atoms with van der Waals surface area (Å²) in [4.78, 5) is 38.8. The molecule has 21 heavy (non-hydrogen) atoms. The average molecular weight is 298 g/mol. The molecule has 2 rings (SSSR count). The molecular weight excluding hydrogens is 276 g/mol. The highest BCUT2D eigenvalue weighted by Gasteiger charge is 2.50. The number of hydrogen-bond acceptors (Lipinski definition) is 4. The zero-order valence-electron chi connectivity index (χ0n) is 12.5. The average Bonchev–Trinajstić information content (AvgIpc) is 3.12. The lowest BCUT2D eigenvalue weighted by atomic mass is 9.93. The Labute approximate surface area is 123 Å². The van der Waals surface area contributed by atoms with E-state index in [0.717, 1.165) is 0 Å². The molecule has 118 valence electrons. The summed E-state index contributed by atoms with van der Waals surface area (Å²) < 4.78 is 4.70. The molecule has 0 spiro atoms. The molecule has 0 bridgehead atoms. The van der Waals surface area contributed by atoms with Gasteiger partial charge in [-0.15, -0.1) is 0 Å². The van der Waals surface area contributed by atoms with Crippen LogP contribution < -0.4 is 0 Å². The van der Waals surface area contributed by atoms with Crippen molar-refractivity contribution in [2.45, 2.75) is 38.1 Å². The van der Waals surface area contributed by atoms with Crippen LogP contribution in [0.5, 0.6) is 0 Å². The van der Waals surface area contributed by atoms with Crippen LogP contribution in [0.4, 0.5) is 4.79 Å². The van der Waals surface area contributed by atoms with Crippen molar-refractivity contribution in [3.63, 3.8) is 0 Å². The molecule has 2 saturated heterocycles. The Morgan fingerprint density at radius 1 is 1.33 bits per heavy atom. The van der Waals surface area contributed by atoms with Gasteiger partial charge in [-0.1, -0.05) is 6.92 Å². The van der Waals surface area contributed by atoms with Crippen molar-refractivity contribution in [1.82, 2.24) is 9.80 Å². The van der Waals surface area contributed by atoms with Gasteiger partial charge in [0.1, 0.15) is 5.54 Å². The molecule has 1 N–H and O–H groups in total. The molecule has 2 unspecified atom stereocenters. The Bertz CT molecular complexity index is 453. The van der Waals surface area contributed by atoms with Crippen molar-refractivity contribution >= 4 is 18.0 Å². The number of carbonyl (C=O) groups excluding carboxylic acids is 2. The molecule has 0 aromatic heterocycles. The fraction of sp³-hybridized carbons (Fsp3) is 0.786. The minimum atomic E-state index is -1.10. The number of esters is 1. The van der Waals surface area contributed by atoms with E-state index in [2.05, 4.69) is 0 Å². The SMILES string of the molecule is CCC1(C(=O)O)CCCN1C(=O)N1CCC(C(=O)OC)C1. The second-order valence-electron chi connectivity index (χ2n) is 5.68. The quantitative estimate of drug-likeness (QED) is 0.783. The lowest BCUT2D eigenvalue weighted by Crippen LogP contribution is -2.56. The minimum Gasteiger partial charge on any atom is -0.479 e. The maximum Gasteiger partial charge on any atom is 0.329 e. The van der Waals surface area contributed by atoms with Crippen molar-refractivity contribution < 1.29 is 24.2 Å². The number of amides is 2. The Morgan fingerprint density at radius 3 is 2.62 bits per heavy atom. The van der Waals surface area contributed by atoms with E-state index in [-0.39, 0.29) is 17.9 Å². The van der Waals surface area contributed by atoms with E-state index in [4.69, 9.17) is 4.74 Å². The van der Waals surface area contributed by atoms with E-state index in [1.165, 1.54) is 12.0 Å². The Morgan fingerprint density at radius 2 is 2.05 bits per heavy atom. The molecule has 2 aliphatic heterocycles. The largest absolute Gasteiger partial charge is 0.479 e. The van der Waals surface area contributed by atoms with Crippen molar-refractivity contribution in [3.05, 3.63) is 0 Å². The number of aliphatic carboxylic acids is 1. The molecule has 2 aliphatic rings. The summed E-state index contributed by atoms with van der Waals surface area (Å²) in [7, 11) is 1.33. The maximum absolute atomic E-state index is 12.6. The van der Waals surface area contributed by atoms with Gasteiger partial charge >= 0.3 is 18.0 Å². The normalized spacial score (nSPS) is 28.8. The first kappa shape index (κ1) is 15.6. The number of urea groups is 1. The molecule has 7 nitrogen and oxygen atoms in total. The highest BCUT2D eigenvalue weighted by atomic mass is 16.5. The van der Waals surface area contributed by atoms with Crippen molar-refractivity contribution in [1.29, 1.82) is 0 Å². The first-order valence-electron chi connectivity index (χ1n) is 7.34. The topological polar surface area (TPSA) is 87.2 Å². The van der Waals surface area contributed by atoms with Crippen molar-refractivity contribution in [2.75, 3.05) is 26.7 Å². The highest BCUT2D eigenvalue weighted by molar-refractivity contribution is 5.87. The van der Waals surface area contributed by atoms with Crippen LogP contribution in [0.2, 0.25) is 0 Å². The number of carbonyl (C=O) groups is 3. The highest BCUT2D eigenvalue weighted by Crippen LogP contribution is 2.34. The third-order valence-corrected chi connectivity index (χ3v) is 4.70. The van der Waals surface area contributed by atoms with Crippen LogP contribution in [0.3, 0.4) is 0 Å². The molecule has 2 atom stereocenters. The zero-order chi connectivity index (χ0) is 15.6. The van der Waals surface area contributed by atoms with Gasteiger partial charge in [-0.3, -0.25) is 4.79 Å². The second-order valence-corrected chi connectivity index (χ2v) is 5.68. The van der Waals surface area contributed by atoms with Crippen LogP contribution in [0, 0.1) is 5.92 Å². The van der Waals surface area contributed by atoms with Gasteiger partial charge < -0.3 is 19.6 Å². The van der Waals surface area contributed by atoms with E-state index in [0.29, 0.717) is 45.3 Å². The molecule has 2 fully saturated rings. The number of likely N-dealkylation sites (tertiary alicyclic amines) is 2. The van der Waals surface area contributed by atoms with E-state index in [9.17, 15) is 19.5 Å². The van der Waals surface area contributed by atoms with Gasteiger partial charge in [0.2, 0.25) is 0 Å². The Hall–Kier alpha value is -1.79. The predicted molar refractivity (Wildman–Crippen MR) is 73.7 cm³/mol. The summed E-state index contributed by atoms with van der Waals surface area (Å²) in [5, 5.41) is 9.52. The number of hydrogen-bond donors (Lipinski definition) is 1. The molecule has 2 heterocycles. The van der Waals surface area contributed by atoms with Gasteiger partial charge in [0.05, 0.1) is 13.0 Å². The predicted octanol–water partition coefficient (Wildman–Crippen LogP) is 0.930. The second kappa shape index (κ2) is 5.91. The summed E-state index contributed by atoms with van der Waals surface area (Å²) in [5.41, 5.74) is -1.10. The molecule has 2 amide bonds. The first-order valence-corrected chi connectivity index (χ1v) is 7.34. The van der Waals surface area contributed by atoms with Gasteiger partial charge in [0, 0.05) is 19.6 Å². The summed E-state index contributed by atoms with van der Waals surface area (Å²) in [6.07, 6.45) is 2.14. The summed E-state index contributed by atoms with van der Waals surface area (Å²) in [6.45, 7) is 3.02. The number of carboxylic acid groups (broad SMARTS) is 1. The van der Waals surface area contributed by atoms with E-state index < -0.39 is 11.5 Å². The number of carboxylic acids is 1. The van der Waals surface area contributed by atoms with Gasteiger partial charge in [-0.05, 0) is 25.7 Å². The van der Waals surface area contributed by atoms with Crippen LogP contribution in [-0.2, 0) is 14.3 Å². The van der Waals surface area contributed by atoms with Gasteiger partial charge in [0.25, 0.3) is 0 Å². The van der Waals surface area contributed by atoms with Crippen LogP contribution in [0.1, 0.15) is 32.6 Å². The molecule has 0 saturated carbocycles. The zero-order valence-corrected chi connectivity index (χ0v) is 12.5. The molecule has 0 aromatic carbocycles. The van der Waals surface area contributed by atoms with Crippen molar-refractivity contribution in [2.24, 2.45) is 5.92 Å². The monoisotopic (exact) mass is 298 g/mol. The standard InChI is InChI=1S/C14H22N2O5/c1-3-14(12(18)19)6-4-7-16(14)13(20)15-8-5-10(9-15)11(17)21-2/h10H,3-9H2,1-2H3,(H,18,19). The van der Waals surface area contributed by atoms with Crippen molar-refractivity contribution in [3.8, 4) is 0 Å². The maximum atomic E-state index is 12.6. The molecule has 7 heteroatoms. The molecule has 0 aliphatic carbocycles. The minimum absolute atomic E-state index is 0.275. The summed E-state index contributed by atoms with van der Waals surface area (Å²) in [6, 6.07) is -0.275. The van der Waals surface area contributed by atoms with E-state index in [1.807, 2.05) is 0 Å². The van der Waals surface area contributed by atoms with Crippen LogP contribution in [0.25, 0.3) is 0 Å². The number of rotatable bonds is 3. The van der Waals surface area contributed by atoms with Gasteiger partial charge in [-0.2, -0.15) is 0 Å². The number of ether oxygens (including phenoxy) is 1. The fourth-order valence-corrected chi connectivity index (χ4v) is 3.36.